The van der Waals surface area contributed by atoms with Gasteiger partial charge in [-0.25, -0.2) is 0 Å². The summed E-state index contributed by atoms with van der Waals surface area (Å²) in [5, 5.41) is 23.7. The average molecular weight is 350 g/mol. The van der Waals surface area contributed by atoms with Crippen molar-refractivity contribution in [3.63, 3.8) is 0 Å². The molecule has 24 heavy (non-hydrogen) atoms. The molecule has 0 heterocycles. The predicted octanol–water partition coefficient (Wildman–Crippen LogP) is 2.60. The molecule has 1 rings (SSSR count). The van der Waals surface area contributed by atoms with Crippen LogP contribution in [0.2, 0.25) is 5.02 Å². The zero-order valence-corrected chi connectivity index (χ0v) is 14.0. The van der Waals surface area contributed by atoms with Crippen LogP contribution in [0.3, 0.4) is 0 Å². The van der Waals surface area contributed by atoms with Crippen LogP contribution in [0.1, 0.15) is 31.2 Å². The number of carboxylic acid groups (broad SMARTS) is 1. The van der Waals surface area contributed by atoms with E-state index in [1.54, 1.807) is 24.3 Å². The summed E-state index contributed by atoms with van der Waals surface area (Å²) in [5.74, 6) is -1.25. The number of halogens is 1. The number of nitrogens with zero attached hydrogens (tertiary/aromatic N) is 1. The van der Waals surface area contributed by atoms with E-state index in [9.17, 15) is 9.59 Å². The number of hydrogen-bond donors (Lipinski definition) is 3. The van der Waals surface area contributed by atoms with Crippen molar-refractivity contribution < 1.29 is 14.7 Å². The number of hydrogen-bond acceptors (Lipinski definition) is 4. The van der Waals surface area contributed by atoms with Crippen LogP contribution in [-0.2, 0) is 16.1 Å². The molecule has 3 N–H and O–H groups in total. The number of carbonyl (C=O) groups excluding carboxylic acids is 1. The van der Waals surface area contributed by atoms with Crippen molar-refractivity contribution in [1.82, 2.24) is 10.6 Å². The molecule has 1 aromatic rings. The van der Waals surface area contributed by atoms with Crippen molar-refractivity contribution in [3.8, 4) is 6.07 Å². The van der Waals surface area contributed by atoms with Crippen LogP contribution in [-0.4, -0.2) is 23.5 Å². The second-order valence-electron chi connectivity index (χ2n) is 5.14. The van der Waals surface area contributed by atoms with E-state index in [1.165, 1.54) is 6.20 Å². The van der Waals surface area contributed by atoms with Gasteiger partial charge < -0.3 is 15.7 Å². The van der Waals surface area contributed by atoms with Gasteiger partial charge in [0.2, 0.25) is 0 Å². The standard InChI is InChI=1S/C17H20ClN3O3/c18-15-7-5-13(6-8-15)11-21-17(24)14(10-19)12-20-9-3-1-2-4-16(22)23/h5-8,12,20H,1-4,9,11H2,(H,21,24)(H,22,23)/b14-12-. The second kappa shape index (κ2) is 11.1. The van der Waals surface area contributed by atoms with E-state index in [4.69, 9.17) is 22.0 Å². The Labute approximate surface area is 146 Å². The summed E-state index contributed by atoms with van der Waals surface area (Å²) in [4.78, 5) is 22.3. The molecule has 0 aliphatic rings. The molecule has 0 aliphatic carbocycles. The fourth-order valence-corrected chi connectivity index (χ4v) is 2.01. The fourth-order valence-electron chi connectivity index (χ4n) is 1.88. The Balaban J connectivity index is 2.30. The lowest BCUT2D eigenvalue weighted by Gasteiger charge is -2.05. The van der Waals surface area contributed by atoms with Crippen molar-refractivity contribution >= 4 is 23.5 Å². The van der Waals surface area contributed by atoms with Gasteiger partial charge in [0.25, 0.3) is 5.91 Å². The van der Waals surface area contributed by atoms with Crippen molar-refractivity contribution in [1.29, 1.82) is 5.26 Å². The molecule has 0 atom stereocenters. The van der Waals surface area contributed by atoms with Gasteiger partial charge in [0.05, 0.1) is 0 Å². The Hall–Kier alpha value is -2.52. The lowest BCUT2D eigenvalue weighted by molar-refractivity contribution is -0.137. The number of benzene rings is 1. The number of carboxylic acids is 1. The molecule has 0 saturated carbocycles. The second-order valence-corrected chi connectivity index (χ2v) is 5.57. The van der Waals surface area contributed by atoms with Gasteiger partial charge in [0.15, 0.2) is 0 Å². The highest BCUT2D eigenvalue weighted by atomic mass is 35.5. The highest BCUT2D eigenvalue weighted by Gasteiger charge is 2.08. The van der Waals surface area contributed by atoms with Crippen LogP contribution in [0.5, 0.6) is 0 Å². The molecule has 128 valence electrons. The van der Waals surface area contributed by atoms with Gasteiger partial charge in [0, 0.05) is 30.7 Å². The first-order chi connectivity index (χ1) is 11.5. The molecular formula is C17H20ClN3O3. The first-order valence-electron chi connectivity index (χ1n) is 7.61. The minimum Gasteiger partial charge on any atom is -0.481 e. The summed E-state index contributed by atoms with van der Waals surface area (Å²) in [6, 6.07) is 8.91. The third-order valence-corrected chi connectivity index (χ3v) is 3.44. The molecule has 0 radical (unpaired) electrons. The molecule has 0 fully saturated rings. The third-order valence-electron chi connectivity index (χ3n) is 3.19. The maximum Gasteiger partial charge on any atom is 0.303 e. The monoisotopic (exact) mass is 349 g/mol. The number of unbranched alkanes of at least 4 members (excludes halogenated alkanes) is 2. The van der Waals surface area contributed by atoms with E-state index >= 15 is 0 Å². The number of nitriles is 1. The van der Waals surface area contributed by atoms with Crippen LogP contribution in [0, 0.1) is 11.3 Å². The molecule has 0 unspecified atom stereocenters. The Morgan fingerprint density at radius 3 is 2.54 bits per heavy atom. The molecule has 0 saturated heterocycles. The number of amides is 1. The van der Waals surface area contributed by atoms with Gasteiger partial charge in [-0.3, -0.25) is 9.59 Å². The summed E-state index contributed by atoms with van der Waals surface area (Å²) >= 11 is 5.79. The van der Waals surface area contributed by atoms with Crippen LogP contribution in [0.4, 0.5) is 0 Å². The highest BCUT2D eigenvalue weighted by molar-refractivity contribution is 6.30. The molecule has 0 bridgehead atoms. The third kappa shape index (κ3) is 8.20. The summed E-state index contributed by atoms with van der Waals surface area (Å²) in [6.07, 6.45) is 3.71. The summed E-state index contributed by atoms with van der Waals surface area (Å²) in [5.41, 5.74) is 0.880. The molecule has 6 nitrogen and oxygen atoms in total. The van der Waals surface area contributed by atoms with E-state index in [0.29, 0.717) is 24.5 Å². The minimum absolute atomic E-state index is 0.00509. The van der Waals surface area contributed by atoms with Gasteiger partial charge >= 0.3 is 5.97 Å². The first-order valence-corrected chi connectivity index (χ1v) is 7.99. The molecule has 0 aromatic heterocycles. The lowest BCUT2D eigenvalue weighted by Crippen LogP contribution is -2.25. The fraction of sp³-hybridized carbons (Fsp3) is 0.353. The quantitative estimate of drug-likeness (QED) is 0.342. The summed E-state index contributed by atoms with van der Waals surface area (Å²) in [7, 11) is 0. The van der Waals surface area contributed by atoms with Gasteiger partial charge in [-0.1, -0.05) is 30.2 Å². The number of aliphatic carboxylic acids is 1. The van der Waals surface area contributed by atoms with Crippen molar-refractivity contribution in [2.75, 3.05) is 6.54 Å². The maximum absolute atomic E-state index is 11.9. The van der Waals surface area contributed by atoms with Crippen LogP contribution in [0.25, 0.3) is 0 Å². The average Bonchev–Trinajstić information content (AvgIpc) is 2.56. The van der Waals surface area contributed by atoms with E-state index in [-0.39, 0.29) is 12.0 Å². The minimum atomic E-state index is -0.799. The first kappa shape index (κ1) is 19.5. The van der Waals surface area contributed by atoms with Crippen molar-refractivity contribution in [3.05, 3.63) is 46.6 Å². The molecule has 0 aliphatic heterocycles. The van der Waals surface area contributed by atoms with E-state index < -0.39 is 11.9 Å². The molecule has 7 heteroatoms. The number of carbonyl (C=O) groups is 2. The van der Waals surface area contributed by atoms with E-state index in [0.717, 1.165) is 18.4 Å². The van der Waals surface area contributed by atoms with Crippen molar-refractivity contribution in [2.24, 2.45) is 0 Å². The summed E-state index contributed by atoms with van der Waals surface area (Å²) in [6.45, 7) is 0.888. The Bertz CT molecular complexity index is 621. The normalized spacial score (nSPS) is 10.8. The van der Waals surface area contributed by atoms with Crippen LogP contribution in [0.15, 0.2) is 36.0 Å². The van der Waals surface area contributed by atoms with E-state index in [1.807, 2.05) is 6.07 Å². The topological polar surface area (TPSA) is 102 Å². The van der Waals surface area contributed by atoms with Crippen molar-refractivity contribution in [2.45, 2.75) is 32.2 Å². The van der Waals surface area contributed by atoms with E-state index in [2.05, 4.69) is 10.6 Å². The van der Waals surface area contributed by atoms with Gasteiger partial charge in [0.1, 0.15) is 11.6 Å². The molecule has 1 amide bonds. The maximum atomic E-state index is 11.9. The van der Waals surface area contributed by atoms with Gasteiger partial charge in [-0.2, -0.15) is 5.26 Å². The largest absolute Gasteiger partial charge is 0.481 e. The zero-order chi connectivity index (χ0) is 17.8. The Morgan fingerprint density at radius 1 is 1.21 bits per heavy atom. The van der Waals surface area contributed by atoms with Crippen LogP contribution < -0.4 is 10.6 Å². The Morgan fingerprint density at radius 2 is 1.92 bits per heavy atom. The van der Waals surface area contributed by atoms with Gasteiger partial charge in [-0.15, -0.1) is 0 Å². The molecule has 0 spiro atoms. The number of rotatable bonds is 10. The van der Waals surface area contributed by atoms with Crippen LogP contribution >= 0.6 is 11.6 Å². The predicted molar refractivity (Wildman–Crippen MR) is 91.1 cm³/mol. The Kier molecular flexibility index (Phi) is 9.02. The highest BCUT2D eigenvalue weighted by Crippen LogP contribution is 2.09. The molecule has 1 aromatic carbocycles. The smallest absolute Gasteiger partial charge is 0.303 e. The zero-order valence-electron chi connectivity index (χ0n) is 13.2. The number of nitrogens with one attached hydrogen (secondary N) is 2. The summed E-state index contributed by atoms with van der Waals surface area (Å²) < 4.78 is 0. The SMILES string of the molecule is N#C/C(=C/NCCCCCC(=O)O)C(=O)NCc1ccc(Cl)cc1. The lowest BCUT2D eigenvalue weighted by atomic mass is 10.2. The van der Waals surface area contributed by atoms with Gasteiger partial charge in [-0.05, 0) is 30.5 Å². The molecular weight excluding hydrogens is 330 g/mol.